The lowest BCUT2D eigenvalue weighted by Gasteiger charge is -2.20. The Bertz CT molecular complexity index is 7940. The van der Waals surface area contributed by atoms with Crippen molar-refractivity contribution < 1.29 is 26.7 Å². The second-order valence-corrected chi connectivity index (χ2v) is 39.9. The van der Waals surface area contributed by atoms with Gasteiger partial charge in [0.2, 0.25) is 37.0 Å². The summed E-state index contributed by atoms with van der Waals surface area (Å²) in [5.74, 6) is -4.25. The van der Waals surface area contributed by atoms with Gasteiger partial charge < -0.3 is 42.0 Å². The van der Waals surface area contributed by atoms with E-state index in [2.05, 4.69) is 165 Å². The number of benzene rings is 4. The number of thioether (sulfide) groups is 7. The number of allylic oxidation sites excluding steroid dienone is 10. The normalized spacial score (nSPS) is 16.3. The van der Waals surface area contributed by atoms with Gasteiger partial charge in [-0.2, -0.15) is 64.0 Å². The lowest BCUT2D eigenvalue weighted by molar-refractivity contribution is -0.265. The van der Waals surface area contributed by atoms with Crippen molar-refractivity contribution in [3.63, 3.8) is 0 Å². The first-order valence-corrected chi connectivity index (χ1v) is 51.4. The maximum absolute atomic E-state index is 13.2. The van der Waals surface area contributed by atoms with Crippen molar-refractivity contribution in [3.8, 4) is 54.3 Å². The molecule has 51 heteroatoms. The van der Waals surface area contributed by atoms with Crippen LogP contribution >= 0.6 is 187 Å². The van der Waals surface area contributed by atoms with Gasteiger partial charge in [-0.3, -0.25) is 0 Å². The van der Waals surface area contributed by atoms with Crippen LogP contribution in [0.1, 0.15) is 106 Å². The average Bonchev–Trinajstić information content (AvgIpc) is 1.67. The fourth-order valence-corrected chi connectivity index (χ4v) is 20.0. The highest BCUT2D eigenvalue weighted by Gasteiger charge is 2.61. The van der Waals surface area contributed by atoms with E-state index in [0.717, 1.165) is 83.4 Å². The van der Waals surface area contributed by atoms with Crippen LogP contribution in [0.5, 0.6) is 5.75 Å². The highest BCUT2D eigenvalue weighted by molar-refractivity contribution is 8.08. The summed E-state index contributed by atoms with van der Waals surface area (Å²) < 4.78 is 68.5. The van der Waals surface area contributed by atoms with Gasteiger partial charge >= 0.3 is 12.1 Å². The van der Waals surface area contributed by atoms with Crippen molar-refractivity contribution >= 4 is 249 Å². The van der Waals surface area contributed by atoms with Crippen molar-refractivity contribution in [2.45, 2.75) is 53.6 Å². The molecule has 746 valence electrons. The molecule has 0 aliphatic carbocycles. The molecule has 0 unspecified atom stereocenters. The van der Waals surface area contributed by atoms with E-state index in [1.807, 2.05) is 143 Å². The van der Waals surface area contributed by atoms with Gasteiger partial charge in [0.25, 0.3) is 0 Å². The van der Waals surface area contributed by atoms with E-state index in [9.17, 15) is 53.5 Å². The SMILES string of the molecule is CC1=CSC(=C(C#N)c2nc(Cl)ncc2C)N1.COc1ccc(C2=CSC(=C(C#N)c3ccnc(Cl)n3)N2)cc1.Cc1cnc(Cl)nc1C(C#N)=C1NC(C(C)(C)C)=CS1.N#CC(=C1NC(C(F)(F)C(F)(F)F)=CS1)c1ccnc(Cl)n1.N#CC(=C1NC(c2ccc(C#N)cc2)=CS1)c1ccnc(Cl)n1.N#CC(=C1NC(c2cccc(Cl)c2)=CS1)c1ccnc(Cl)n1.N#CC(=C1NC(c2ccccc2Cl)=CS1)c1ccnc(Cl)n1. The Kier molecular flexibility index (Phi) is 40.5. The first-order chi connectivity index (χ1) is 71.4. The summed E-state index contributed by atoms with van der Waals surface area (Å²) in [6, 6.07) is 54.6. The smallest absolute Gasteiger partial charge is 0.459 e. The Hall–Kier alpha value is -14.2. The molecule has 14 heterocycles. The molecule has 0 radical (unpaired) electrons. The summed E-state index contributed by atoms with van der Waals surface area (Å²) in [6.45, 7) is 12.0. The molecule has 7 aromatic heterocycles. The number of methoxy groups -OCH3 is 1. The second-order valence-electron chi connectivity index (χ2n) is 30.5. The van der Waals surface area contributed by atoms with Crippen LogP contribution in [0.3, 0.4) is 0 Å². The number of nitrogens with one attached hydrogen (secondary N) is 7. The molecule has 0 amide bonds. The Morgan fingerprint density at radius 3 is 1.01 bits per heavy atom. The Morgan fingerprint density at radius 1 is 0.336 bits per heavy atom. The molecule has 7 aliphatic heterocycles. The van der Waals surface area contributed by atoms with Crippen LogP contribution in [0.15, 0.2) is 261 Å². The topological polar surface area (TPSA) is 464 Å². The lowest BCUT2D eigenvalue weighted by Crippen LogP contribution is -2.41. The third-order valence-electron chi connectivity index (χ3n) is 19.6. The van der Waals surface area contributed by atoms with Gasteiger partial charge in [-0.05, 0) is 226 Å². The quantitative estimate of drug-likeness (QED) is 0.0320. The van der Waals surface area contributed by atoms with Crippen molar-refractivity contribution in [3.05, 3.63) is 387 Å². The second kappa shape index (κ2) is 53.1. The number of alkyl halides is 5. The van der Waals surface area contributed by atoms with Crippen LogP contribution in [0.4, 0.5) is 22.0 Å². The van der Waals surface area contributed by atoms with Crippen molar-refractivity contribution in [2.24, 2.45) is 5.41 Å². The van der Waals surface area contributed by atoms with Crippen molar-refractivity contribution in [1.82, 2.24) is 107 Å². The predicted molar refractivity (Wildman–Crippen MR) is 581 cm³/mol. The molecule has 0 spiro atoms. The number of hydrogen-bond donors (Lipinski definition) is 7. The number of ether oxygens (including phenoxy) is 1. The number of rotatable bonds is 13. The molecule has 18 rings (SSSR count). The van der Waals surface area contributed by atoms with Gasteiger partial charge in [0.1, 0.15) is 92.9 Å². The van der Waals surface area contributed by atoms with Crippen LogP contribution in [0.25, 0.3) is 61.8 Å². The van der Waals surface area contributed by atoms with E-state index in [1.165, 1.54) is 108 Å². The Balaban J connectivity index is 0.000000154. The van der Waals surface area contributed by atoms with E-state index in [0.29, 0.717) is 120 Å². The monoisotopic (exact) mass is 2300 g/mol. The predicted octanol–water partition coefficient (Wildman–Crippen LogP) is 26.2. The largest absolute Gasteiger partial charge is 0.497 e. The third-order valence-corrected chi connectivity index (χ3v) is 27.8. The highest BCUT2D eigenvalue weighted by atomic mass is 35.5. The summed E-state index contributed by atoms with van der Waals surface area (Å²) >= 11 is 61.7. The van der Waals surface area contributed by atoms with Crippen molar-refractivity contribution in [2.75, 3.05) is 7.11 Å². The molecule has 0 bridgehead atoms. The minimum atomic E-state index is -5.74. The van der Waals surface area contributed by atoms with Gasteiger partial charge in [-0.25, -0.2) is 69.8 Å². The summed E-state index contributed by atoms with van der Waals surface area (Å²) in [7, 11) is 1.63. The molecule has 149 heavy (non-hydrogen) atoms. The maximum Gasteiger partial charge on any atom is 0.459 e. The molecule has 30 nitrogen and oxygen atoms in total. The zero-order valence-electron chi connectivity index (χ0n) is 77.1. The maximum atomic E-state index is 13.2. The van der Waals surface area contributed by atoms with E-state index in [-0.39, 0.29) is 58.7 Å². The van der Waals surface area contributed by atoms with E-state index >= 15 is 0 Å². The summed E-state index contributed by atoms with van der Waals surface area (Å²) in [5.41, 5.74) is 15.8. The molecule has 0 saturated heterocycles. The molecule has 4 aromatic carbocycles. The van der Waals surface area contributed by atoms with Crippen LogP contribution < -0.4 is 42.0 Å². The number of hydrogen-bond acceptors (Lipinski definition) is 37. The van der Waals surface area contributed by atoms with Crippen LogP contribution in [-0.2, 0) is 0 Å². The summed E-state index contributed by atoms with van der Waals surface area (Å²) in [5, 5.41) is 114. The van der Waals surface area contributed by atoms with Gasteiger partial charge in [0.15, 0.2) is 0 Å². The minimum absolute atomic E-state index is 0.00229. The molecule has 0 saturated carbocycles. The minimum Gasteiger partial charge on any atom is -0.497 e. The molecular weight excluding hydrogens is 2240 g/mol. The number of aromatic nitrogens is 14. The van der Waals surface area contributed by atoms with Gasteiger partial charge in [-0.1, -0.05) is 169 Å². The first-order valence-electron chi connectivity index (χ1n) is 41.9. The number of nitrogens with zero attached hydrogens (tertiary/aromatic N) is 22. The van der Waals surface area contributed by atoms with Crippen LogP contribution in [0.2, 0.25) is 47.0 Å². The van der Waals surface area contributed by atoms with E-state index in [4.69, 9.17) is 120 Å². The molecule has 0 fully saturated rings. The fraction of sp³-hybridized carbons (Fsp3) is 0.102. The zero-order valence-corrected chi connectivity index (χ0v) is 89.6. The number of halogens is 14. The van der Waals surface area contributed by atoms with Gasteiger partial charge in [0, 0.05) is 103 Å². The van der Waals surface area contributed by atoms with Crippen LogP contribution in [-0.4, -0.2) is 89.0 Å². The summed E-state index contributed by atoms with van der Waals surface area (Å²) in [6.07, 6.45) is 4.80. The highest BCUT2D eigenvalue weighted by Crippen LogP contribution is 2.47. The molecule has 11 aromatic rings. The number of aryl methyl sites for hydroxylation is 2. The summed E-state index contributed by atoms with van der Waals surface area (Å²) in [4.78, 5) is 55.0. The Morgan fingerprint density at radius 2 is 0.664 bits per heavy atom. The molecule has 7 N–H and O–H groups in total. The number of nitriles is 8. The average molecular weight is 2300 g/mol. The van der Waals surface area contributed by atoms with Crippen LogP contribution in [0, 0.1) is 110 Å². The van der Waals surface area contributed by atoms with E-state index < -0.39 is 17.8 Å². The standard InChI is InChI=1S/C16H8ClN5S.C16H11ClN4OS.2C15H8Cl2N4S.C14H15ClN4S.C11H4ClF5N4S.C11H9ClN4S/c17-16-20-6-5-13(22-16)12(8-19)15-21-14(9-23-15)11-3-1-10(7-18)2-4-11;1-22-11-4-2-10(3-5-11)14-9-23-15(20-14)12(8-18)13-6-7-19-16(17)21-13;16-10-3-1-2-9(6-10)13-8-22-14(20-13)11(7-18)12-4-5-19-15(17)21-12;16-11-4-2-1-3-9(11)13-8-22-14(20-13)10(7-18)12-5-6-19-15(17)21-12;1-8-6-17-13(15)19-11(8)9(5-16)12-18-10(7-20-12)14(2,3)4;12-9-19-2-1-6(20-9)5(3-18)8-21-7(4-22-8)10(13,14)11(15,16)17;1-6-4-14-11(12)16-9(6)8(3-13)10-15-7(2)5-17-10/h1-6,9,21H;2-7,9,20H,1H3;2*1-6,8,20H;6-7,18H,1-4H3;1-2,4,21H;4-5,15H,1-2H3. The van der Waals surface area contributed by atoms with E-state index in [1.54, 1.807) is 62.0 Å². The van der Waals surface area contributed by atoms with Crippen molar-refractivity contribution in [1.29, 1.82) is 42.1 Å². The molecule has 7 aliphatic rings. The fourth-order valence-electron chi connectivity index (χ4n) is 12.3. The molecule has 0 atom stereocenters. The van der Waals surface area contributed by atoms with Gasteiger partial charge in [-0.15, -0.1) is 0 Å². The lowest BCUT2D eigenvalue weighted by atomic mass is 9.93. The first kappa shape index (κ1) is 114. The van der Waals surface area contributed by atoms with Gasteiger partial charge in [0.05, 0.1) is 117 Å². The molecular formula is C98H63Cl9F5N29OS7. The zero-order chi connectivity index (χ0) is 107. The third kappa shape index (κ3) is 30.3. The Labute approximate surface area is 923 Å².